The average Bonchev–Trinajstić information content (AvgIpc) is 2.62. The summed E-state index contributed by atoms with van der Waals surface area (Å²) < 4.78 is 61.3. The highest BCUT2D eigenvalue weighted by atomic mass is 32.2. The van der Waals surface area contributed by atoms with Crippen LogP contribution in [0.3, 0.4) is 0 Å². The Balaban J connectivity index is 2.60. The summed E-state index contributed by atoms with van der Waals surface area (Å²) in [7, 11) is -3.70. The molecule has 3 N–H and O–H groups in total. The van der Waals surface area contributed by atoms with Gasteiger partial charge in [0.1, 0.15) is 0 Å². The highest BCUT2D eigenvalue weighted by molar-refractivity contribution is 7.90. The van der Waals surface area contributed by atoms with E-state index in [1.807, 2.05) is 6.92 Å². The molecule has 0 aromatic carbocycles. The first kappa shape index (κ1) is 24.5. The Hall–Kier alpha value is -1.56. The largest absolute Gasteiger partial charge is 0.511 e. The number of guanidine groups is 1. The molecule has 1 rings (SSSR count). The summed E-state index contributed by atoms with van der Waals surface area (Å²) in [6.45, 7) is 6.43. The van der Waals surface area contributed by atoms with E-state index in [4.69, 9.17) is 0 Å². The summed E-state index contributed by atoms with van der Waals surface area (Å²) in [5.41, 5.74) is -5.95. The van der Waals surface area contributed by atoms with Gasteiger partial charge in [0, 0.05) is 33.2 Å². The quantitative estimate of drug-likeness (QED) is 0.412. The lowest BCUT2D eigenvalue weighted by atomic mass is 9.93. The molecule has 8 nitrogen and oxygen atoms in total. The molecule has 0 atom stereocenters. The van der Waals surface area contributed by atoms with E-state index in [-0.39, 0.29) is 31.5 Å². The minimum absolute atomic E-state index is 0.0236. The highest BCUT2D eigenvalue weighted by Crippen LogP contribution is 2.30. The van der Waals surface area contributed by atoms with Crippen molar-refractivity contribution in [2.24, 2.45) is 16.3 Å². The van der Waals surface area contributed by atoms with Gasteiger partial charge in [-0.05, 0) is 39.5 Å². The Morgan fingerprint density at radius 1 is 1.18 bits per heavy atom. The molecule has 0 aromatic heterocycles. The summed E-state index contributed by atoms with van der Waals surface area (Å²) in [5.74, 6) is 0.394. The van der Waals surface area contributed by atoms with Gasteiger partial charge in [0.05, 0.1) is 12.0 Å². The Morgan fingerprint density at radius 2 is 1.75 bits per heavy atom. The van der Waals surface area contributed by atoms with Crippen LogP contribution < -0.4 is 16.0 Å². The topological polar surface area (TPSA) is 103 Å². The van der Waals surface area contributed by atoms with Crippen LogP contribution in [-0.2, 0) is 14.8 Å². The maximum atomic E-state index is 12.6. The maximum Gasteiger partial charge on any atom is 0.511 e. The number of aliphatic imine (C=N–C) groups is 1. The minimum Gasteiger partial charge on any atom is -0.359 e. The van der Waals surface area contributed by atoms with E-state index in [0.29, 0.717) is 36.2 Å². The van der Waals surface area contributed by atoms with Crippen molar-refractivity contribution in [3.8, 4) is 0 Å². The fourth-order valence-corrected chi connectivity index (χ4v) is 3.75. The van der Waals surface area contributed by atoms with Crippen LogP contribution >= 0.6 is 0 Å². The molecule has 1 aliphatic heterocycles. The van der Waals surface area contributed by atoms with Crippen molar-refractivity contribution in [3.63, 3.8) is 0 Å². The van der Waals surface area contributed by atoms with Crippen molar-refractivity contribution in [3.05, 3.63) is 0 Å². The highest BCUT2D eigenvalue weighted by Gasteiger charge is 2.50. The number of hydrogen-bond acceptors (Lipinski definition) is 4. The lowest BCUT2D eigenvalue weighted by Crippen LogP contribution is -2.47. The fraction of sp³-hybridized carbons (Fsp3) is 0.875. The SMILES string of the molecule is CCNC(=NCC(C)(C)C(=O)NC)NCC1CCN(S(=O)(=O)C(F)(F)F)CC1. The second-order valence-corrected chi connectivity index (χ2v) is 9.26. The minimum atomic E-state index is -5.26. The van der Waals surface area contributed by atoms with Gasteiger partial charge < -0.3 is 16.0 Å². The van der Waals surface area contributed by atoms with Crippen LogP contribution in [0, 0.1) is 11.3 Å². The first-order chi connectivity index (χ1) is 12.8. The first-order valence-corrected chi connectivity index (χ1v) is 10.6. The monoisotopic (exact) mass is 429 g/mol. The number of piperidine rings is 1. The van der Waals surface area contributed by atoms with Crippen LogP contribution in [0.25, 0.3) is 0 Å². The van der Waals surface area contributed by atoms with Gasteiger partial charge in [0.2, 0.25) is 5.91 Å². The zero-order chi connectivity index (χ0) is 21.6. The summed E-state index contributed by atoms with van der Waals surface area (Å²) in [6, 6.07) is 0. The fourth-order valence-electron chi connectivity index (χ4n) is 2.77. The molecule has 0 bridgehead atoms. The summed E-state index contributed by atoms with van der Waals surface area (Å²) in [4.78, 5) is 16.2. The third-order valence-electron chi connectivity index (χ3n) is 4.58. The molecule has 1 saturated heterocycles. The zero-order valence-corrected chi connectivity index (χ0v) is 17.5. The molecule has 1 amide bonds. The molecular formula is C16H30F3N5O3S. The van der Waals surface area contributed by atoms with Gasteiger partial charge in [-0.3, -0.25) is 9.79 Å². The van der Waals surface area contributed by atoms with Crippen molar-refractivity contribution in [1.82, 2.24) is 20.3 Å². The van der Waals surface area contributed by atoms with Gasteiger partial charge in [-0.15, -0.1) is 0 Å². The Morgan fingerprint density at radius 3 is 2.21 bits per heavy atom. The second kappa shape index (κ2) is 9.77. The molecule has 164 valence electrons. The lowest BCUT2D eigenvalue weighted by Gasteiger charge is -2.31. The molecule has 1 heterocycles. The van der Waals surface area contributed by atoms with E-state index < -0.39 is 20.9 Å². The maximum absolute atomic E-state index is 12.6. The van der Waals surface area contributed by atoms with Gasteiger partial charge in [-0.1, -0.05) is 0 Å². The van der Waals surface area contributed by atoms with E-state index in [2.05, 4.69) is 20.9 Å². The summed E-state index contributed by atoms with van der Waals surface area (Å²) >= 11 is 0. The Kier molecular flexibility index (Phi) is 8.54. The third-order valence-corrected chi connectivity index (χ3v) is 6.21. The Labute approximate surface area is 164 Å². The van der Waals surface area contributed by atoms with Gasteiger partial charge in [-0.2, -0.15) is 17.5 Å². The number of carbonyl (C=O) groups excluding carboxylic acids is 1. The van der Waals surface area contributed by atoms with E-state index in [1.165, 1.54) is 0 Å². The second-order valence-electron chi connectivity index (χ2n) is 7.33. The van der Waals surface area contributed by atoms with Crippen LogP contribution in [0.1, 0.15) is 33.6 Å². The van der Waals surface area contributed by atoms with E-state index in [9.17, 15) is 26.4 Å². The molecule has 0 radical (unpaired) electrons. The van der Waals surface area contributed by atoms with Crippen LogP contribution in [0.5, 0.6) is 0 Å². The molecule has 1 fully saturated rings. The number of amides is 1. The molecule has 1 aliphatic rings. The average molecular weight is 430 g/mol. The van der Waals surface area contributed by atoms with Gasteiger partial charge in [0.15, 0.2) is 5.96 Å². The molecule has 0 saturated carbocycles. The summed E-state index contributed by atoms with van der Waals surface area (Å²) in [6.07, 6.45) is 0.650. The normalized spacial score (nSPS) is 18.0. The van der Waals surface area contributed by atoms with Crippen molar-refractivity contribution in [1.29, 1.82) is 0 Å². The molecule has 28 heavy (non-hydrogen) atoms. The number of hydrogen-bond donors (Lipinski definition) is 3. The van der Waals surface area contributed by atoms with E-state index >= 15 is 0 Å². The van der Waals surface area contributed by atoms with Crippen molar-refractivity contribution in [2.45, 2.75) is 39.1 Å². The van der Waals surface area contributed by atoms with Gasteiger partial charge in [-0.25, -0.2) is 8.42 Å². The van der Waals surface area contributed by atoms with Gasteiger partial charge >= 0.3 is 15.5 Å². The predicted molar refractivity (Wildman–Crippen MR) is 101 cm³/mol. The van der Waals surface area contributed by atoms with Crippen LogP contribution in [0.2, 0.25) is 0 Å². The zero-order valence-electron chi connectivity index (χ0n) is 16.7. The van der Waals surface area contributed by atoms with E-state index in [1.54, 1.807) is 20.9 Å². The molecule has 0 spiro atoms. The predicted octanol–water partition coefficient (Wildman–Crippen LogP) is 0.875. The lowest BCUT2D eigenvalue weighted by molar-refractivity contribution is -0.128. The number of carbonyl (C=O) groups is 1. The number of halogens is 3. The van der Waals surface area contributed by atoms with Crippen LogP contribution in [0.4, 0.5) is 13.2 Å². The number of rotatable bonds is 7. The van der Waals surface area contributed by atoms with Crippen molar-refractivity contribution in [2.75, 3.05) is 39.8 Å². The molecule has 0 aromatic rings. The van der Waals surface area contributed by atoms with Crippen LogP contribution in [0.15, 0.2) is 4.99 Å². The third kappa shape index (κ3) is 6.50. The number of nitrogens with zero attached hydrogens (tertiary/aromatic N) is 2. The molecular weight excluding hydrogens is 399 g/mol. The smallest absolute Gasteiger partial charge is 0.359 e. The molecule has 0 aliphatic carbocycles. The van der Waals surface area contributed by atoms with Crippen molar-refractivity contribution < 1.29 is 26.4 Å². The first-order valence-electron chi connectivity index (χ1n) is 9.16. The summed E-state index contributed by atoms with van der Waals surface area (Å²) in [5, 5.41) is 8.77. The van der Waals surface area contributed by atoms with Crippen LogP contribution in [-0.4, -0.2) is 69.9 Å². The Bertz CT molecular complexity index is 657. The standard InChI is InChI=1S/C16H30F3N5O3S/c1-5-21-14(23-11-15(2,3)13(25)20-4)22-10-12-6-8-24(9-7-12)28(26,27)16(17,18)19/h12H,5-11H2,1-4H3,(H,20,25)(H2,21,22,23). The number of sulfonamides is 1. The number of alkyl halides is 3. The molecule has 0 unspecified atom stereocenters. The van der Waals surface area contributed by atoms with Crippen molar-refractivity contribution >= 4 is 21.9 Å². The number of nitrogens with one attached hydrogen (secondary N) is 3. The van der Waals surface area contributed by atoms with E-state index in [0.717, 1.165) is 0 Å². The van der Waals surface area contributed by atoms with Gasteiger partial charge in [0.25, 0.3) is 0 Å². The molecule has 12 heteroatoms.